The molecule has 0 saturated heterocycles. The summed E-state index contributed by atoms with van der Waals surface area (Å²) in [6.07, 6.45) is 3.26. The first kappa shape index (κ1) is 8.74. The van der Waals surface area contributed by atoms with Gasteiger partial charge in [-0.05, 0) is 17.7 Å². The maximum Gasteiger partial charge on any atom is 0.137 e. The van der Waals surface area contributed by atoms with Gasteiger partial charge in [-0.1, -0.05) is 12.1 Å². The van der Waals surface area contributed by atoms with Crippen LogP contribution in [-0.4, -0.2) is 21.8 Å². The fraction of sp³-hybridized carbons (Fsp3) is 0.200. The molecule has 2 aromatic rings. The Balaban J connectivity index is 2.17. The molecule has 0 saturated carbocycles. The lowest BCUT2D eigenvalue weighted by Gasteiger charge is -2.04. The monoisotopic (exact) mass is 188 g/mol. The molecule has 0 atom stereocenters. The van der Waals surface area contributed by atoms with E-state index in [0.717, 1.165) is 12.2 Å². The van der Waals surface area contributed by atoms with Gasteiger partial charge in [-0.25, -0.2) is 9.67 Å². The lowest BCUT2D eigenvalue weighted by molar-refractivity contribution is 0.685. The Labute approximate surface area is 82.6 Å². The highest BCUT2D eigenvalue weighted by molar-refractivity contribution is 5.44. The molecule has 1 aromatic carbocycles. The minimum Gasteiger partial charge on any atom is -0.388 e. The number of nitrogens with one attached hydrogen (secondary N) is 1. The van der Waals surface area contributed by atoms with Crippen molar-refractivity contribution < 1.29 is 0 Å². The van der Waals surface area contributed by atoms with Crippen molar-refractivity contribution in [3.05, 3.63) is 42.5 Å². The van der Waals surface area contributed by atoms with Gasteiger partial charge in [0.05, 0.1) is 6.54 Å². The van der Waals surface area contributed by atoms with Crippen molar-refractivity contribution in [1.29, 1.82) is 0 Å². The zero-order valence-electron chi connectivity index (χ0n) is 8.01. The van der Waals surface area contributed by atoms with Crippen LogP contribution in [0.3, 0.4) is 0 Å². The molecule has 0 unspecified atom stereocenters. The SMILES string of the molecule is CNc1cccc(Cn2cncn2)c1. The molecule has 0 aliphatic carbocycles. The Morgan fingerprint density at radius 1 is 1.43 bits per heavy atom. The van der Waals surface area contributed by atoms with Gasteiger partial charge in [-0.15, -0.1) is 0 Å². The zero-order valence-corrected chi connectivity index (χ0v) is 8.01. The molecule has 1 aromatic heterocycles. The number of hydrogen-bond donors (Lipinski definition) is 1. The van der Waals surface area contributed by atoms with Gasteiger partial charge in [0.25, 0.3) is 0 Å². The average Bonchev–Trinajstić information content (AvgIpc) is 2.71. The number of rotatable bonds is 3. The van der Waals surface area contributed by atoms with Crippen LogP contribution in [0.25, 0.3) is 0 Å². The van der Waals surface area contributed by atoms with E-state index in [-0.39, 0.29) is 0 Å². The van der Waals surface area contributed by atoms with Gasteiger partial charge in [0, 0.05) is 12.7 Å². The smallest absolute Gasteiger partial charge is 0.137 e. The van der Waals surface area contributed by atoms with Crippen molar-refractivity contribution in [2.75, 3.05) is 12.4 Å². The maximum atomic E-state index is 4.05. The molecule has 0 bridgehead atoms. The van der Waals surface area contributed by atoms with E-state index < -0.39 is 0 Å². The number of benzene rings is 1. The summed E-state index contributed by atoms with van der Waals surface area (Å²) in [7, 11) is 1.91. The molecule has 14 heavy (non-hydrogen) atoms. The quantitative estimate of drug-likeness (QED) is 0.791. The van der Waals surface area contributed by atoms with E-state index in [9.17, 15) is 0 Å². The van der Waals surface area contributed by atoms with Gasteiger partial charge in [0.2, 0.25) is 0 Å². The van der Waals surface area contributed by atoms with Crippen LogP contribution in [0.5, 0.6) is 0 Å². The first-order valence-electron chi connectivity index (χ1n) is 4.47. The Kier molecular flexibility index (Phi) is 2.44. The van der Waals surface area contributed by atoms with Crippen molar-refractivity contribution in [3.8, 4) is 0 Å². The molecule has 0 radical (unpaired) electrons. The van der Waals surface area contributed by atoms with Crippen LogP contribution in [0, 0.1) is 0 Å². The van der Waals surface area contributed by atoms with Crippen LogP contribution in [0.2, 0.25) is 0 Å². The molecule has 0 aliphatic heterocycles. The highest BCUT2D eigenvalue weighted by Gasteiger charge is 1.96. The topological polar surface area (TPSA) is 42.7 Å². The Hall–Kier alpha value is -1.84. The Bertz CT molecular complexity index is 394. The number of aromatic nitrogens is 3. The molecule has 72 valence electrons. The van der Waals surface area contributed by atoms with Crippen LogP contribution in [0.4, 0.5) is 5.69 Å². The minimum atomic E-state index is 0.759. The summed E-state index contributed by atoms with van der Waals surface area (Å²) in [5, 5.41) is 7.15. The summed E-state index contributed by atoms with van der Waals surface area (Å²) >= 11 is 0. The van der Waals surface area contributed by atoms with Crippen molar-refractivity contribution in [2.45, 2.75) is 6.54 Å². The second-order valence-corrected chi connectivity index (χ2v) is 3.04. The van der Waals surface area contributed by atoms with Crippen LogP contribution >= 0.6 is 0 Å². The van der Waals surface area contributed by atoms with E-state index >= 15 is 0 Å². The molecule has 4 nitrogen and oxygen atoms in total. The molecule has 0 fully saturated rings. The zero-order chi connectivity index (χ0) is 9.80. The first-order valence-corrected chi connectivity index (χ1v) is 4.47. The third-order valence-electron chi connectivity index (χ3n) is 2.03. The molecule has 1 heterocycles. The summed E-state index contributed by atoms with van der Waals surface area (Å²) in [4.78, 5) is 3.90. The molecule has 2 rings (SSSR count). The highest BCUT2D eigenvalue weighted by atomic mass is 15.3. The normalized spacial score (nSPS) is 10.1. The molecule has 0 aliphatic rings. The van der Waals surface area contributed by atoms with Crippen molar-refractivity contribution in [3.63, 3.8) is 0 Å². The fourth-order valence-electron chi connectivity index (χ4n) is 1.33. The Morgan fingerprint density at radius 2 is 2.36 bits per heavy atom. The highest BCUT2D eigenvalue weighted by Crippen LogP contribution is 2.10. The molecular formula is C10H12N4. The van der Waals surface area contributed by atoms with Gasteiger partial charge < -0.3 is 5.32 Å². The van der Waals surface area contributed by atoms with Crippen LogP contribution in [0.15, 0.2) is 36.9 Å². The molecule has 4 heteroatoms. The van der Waals surface area contributed by atoms with E-state index in [4.69, 9.17) is 0 Å². The van der Waals surface area contributed by atoms with Crippen molar-refractivity contribution in [2.24, 2.45) is 0 Å². The van der Waals surface area contributed by atoms with E-state index in [1.165, 1.54) is 5.56 Å². The van der Waals surface area contributed by atoms with Crippen molar-refractivity contribution >= 4 is 5.69 Å². The second-order valence-electron chi connectivity index (χ2n) is 3.04. The standard InChI is InChI=1S/C10H12N4/c1-11-10-4-2-3-9(5-10)6-14-8-12-7-13-14/h2-5,7-8,11H,6H2,1H3. The summed E-state index contributed by atoms with van der Waals surface area (Å²) in [5.74, 6) is 0. The number of hydrogen-bond acceptors (Lipinski definition) is 3. The van der Waals surface area contributed by atoms with Crippen LogP contribution in [0.1, 0.15) is 5.56 Å². The first-order chi connectivity index (χ1) is 6.88. The van der Waals surface area contributed by atoms with E-state index in [0.29, 0.717) is 0 Å². The summed E-state index contributed by atoms with van der Waals surface area (Å²) in [6.45, 7) is 0.759. The van der Waals surface area contributed by atoms with Crippen molar-refractivity contribution in [1.82, 2.24) is 14.8 Å². The van der Waals surface area contributed by atoms with Crippen LogP contribution in [-0.2, 0) is 6.54 Å². The predicted molar refractivity (Wildman–Crippen MR) is 55.1 cm³/mol. The van der Waals surface area contributed by atoms with Gasteiger partial charge >= 0.3 is 0 Å². The molecular weight excluding hydrogens is 176 g/mol. The molecule has 1 N–H and O–H groups in total. The van der Waals surface area contributed by atoms with E-state index in [2.05, 4.69) is 27.5 Å². The average molecular weight is 188 g/mol. The number of nitrogens with zero attached hydrogens (tertiary/aromatic N) is 3. The summed E-state index contributed by atoms with van der Waals surface area (Å²) in [5.41, 5.74) is 2.32. The summed E-state index contributed by atoms with van der Waals surface area (Å²) < 4.78 is 1.80. The van der Waals surface area contributed by atoms with E-state index in [1.807, 2.05) is 19.2 Å². The fourth-order valence-corrected chi connectivity index (χ4v) is 1.33. The van der Waals surface area contributed by atoms with Gasteiger partial charge in [-0.2, -0.15) is 5.10 Å². The largest absolute Gasteiger partial charge is 0.388 e. The molecule has 0 amide bonds. The minimum absolute atomic E-state index is 0.759. The van der Waals surface area contributed by atoms with Gasteiger partial charge in [0.1, 0.15) is 12.7 Å². The predicted octanol–water partition coefficient (Wildman–Crippen LogP) is 1.37. The maximum absolute atomic E-state index is 4.05. The van der Waals surface area contributed by atoms with Gasteiger partial charge in [-0.3, -0.25) is 0 Å². The van der Waals surface area contributed by atoms with Crippen LogP contribution < -0.4 is 5.32 Å². The summed E-state index contributed by atoms with van der Waals surface area (Å²) in [6, 6.07) is 8.23. The number of anilines is 1. The third-order valence-corrected chi connectivity index (χ3v) is 2.03. The Morgan fingerprint density at radius 3 is 3.07 bits per heavy atom. The lowest BCUT2D eigenvalue weighted by atomic mass is 10.2. The van der Waals surface area contributed by atoms with Gasteiger partial charge in [0.15, 0.2) is 0 Å². The lowest BCUT2D eigenvalue weighted by Crippen LogP contribution is -2.00. The third kappa shape index (κ3) is 1.90. The molecule has 0 spiro atoms. The second kappa shape index (κ2) is 3.91. The van der Waals surface area contributed by atoms with E-state index in [1.54, 1.807) is 17.3 Å².